The van der Waals surface area contributed by atoms with E-state index in [9.17, 15) is 20.3 Å². The molecule has 2 aromatic heterocycles. The van der Waals surface area contributed by atoms with Crippen LogP contribution in [0.5, 0.6) is 0 Å². The number of likely N-dealkylation sites (tertiary alicyclic amines) is 1. The Morgan fingerprint density at radius 1 is 1.22 bits per heavy atom. The summed E-state index contributed by atoms with van der Waals surface area (Å²) in [4.78, 5) is 23.3. The summed E-state index contributed by atoms with van der Waals surface area (Å²) in [5.74, 6) is -0.891. The summed E-state index contributed by atoms with van der Waals surface area (Å²) in [6.45, 7) is 1.81. The van der Waals surface area contributed by atoms with Crippen LogP contribution in [0.3, 0.4) is 0 Å². The van der Waals surface area contributed by atoms with Crippen LogP contribution in [0.25, 0.3) is 32.9 Å². The van der Waals surface area contributed by atoms with E-state index in [1.54, 1.807) is 30.0 Å². The number of nitriles is 1. The zero-order valence-electron chi connectivity index (χ0n) is 22.2. The Hall–Kier alpha value is -3.22. The number of amides is 1. The van der Waals surface area contributed by atoms with Gasteiger partial charge < -0.3 is 20.1 Å². The third-order valence-electron chi connectivity index (χ3n) is 9.09. The lowest BCUT2D eigenvalue weighted by atomic mass is 9.91. The molecule has 4 aromatic rings. The van der Waals surface area contributed by atoms with Gasteiger partial charge in [-0.3, -0.25) is 4.79 Å². The molecule has 210 valence electrons. The quantitative estimate of drug-likeness (QED) is 0.263. The number of aromatic nitrogens is 2. The molecule has 3 heterocycles. The molecule has 1 saturated heterocycles. The zero-order valence-corrected chi connectivity index (χ0v) is 23.7. The fraction of sp³-hybridized carbons (Fsp3) is 0.387. The monoisotopic (exact) mass is 592 g/mol. The van der Waals surface area contributed by atoms with E-state index in [0.29, 0.717) is 45.6 Å². The van der Waals surface area contributed by atoms with Crippen molar-refractivity contribution >= 4 is 50.9 Å². The number of hydrogen-bond acceptors (Lipinski definition) is 5. The molecule has 2 aliphatic carbocycles. The van der Waals surface area contributed by atoms with Gasteiger partial charge in [-0.25, -0.2) is 9.37 Å². The van der Waals surface area contributed by atoms with Crippen LogP contribution in [0.4, 0.5) is 4.39 Å². The summed E-state index contributed by atoms with van der Waals surface area (Å²) in [6.07, 6.45) is 0.763. The normalized spacial score (nSPS) is 25.4. The number of carbonyl (C=O) groups excluding carboxylic acids is 1. The molecule has 1 amide bonds. The maximum absolute atomic E-state index is 16.5. The fourth-order valence-electron chi connectivity index (χ4n) is 7.00. The van der Waals surface area contributed by atoms with E-state index < -0.39 is 30.1 Å². The van der Waals surface area contributed by atoms with Crippen LogP contribution in [-0.4, -0.2) is 49.2 Å². The number of fused-ring (bicyclic) bond motifs is 5. The SMILES string of the molecule is Cc1nc2c(F)c(-c3cccc(Cl)c3Cl)c(CCC#N)cc2c2[nH]c(C3C4CC(C(O)C4O)N3C(=O)C3CC3)cc12. The maximum atomic E-state index is 16.5. The molecular formula is C31H27Cl2FN4O3. The lowest BCUT2D eigenvalue weighted by Gasteiger charge is -2.40. The van der Waals surface area contributed by atoms with Gasteiger partial charge in [0.05, 0.1) is 39.8 Å². The Balaban J connectivity index is 1.43. The molecule has 2 saturated carbocycles. The van der Waals surface area contributed by atoms with Crippen LogP contribution in [0.15, 0.2) is 30.3 Å². The van der Waals surface area contributed by atoms with Crippen LogP contribution in [0.1, 0.15) is 48.7 Å². The highest BCUT2D eigenvalue weighted by Gasteiger charge is 2.60. The van der Waals surface area contributed by atoms with Crippen molar-refractivity contribution in [3.8, 4) is 17.2 Å². The van der Waals surface area contributed by atoms with Gasteiger partial charge in [-0.15, -0.1) is 0 Å². The molecule has 0 spiro atoms. The third kappa shape index (κ3) is 3.98. The number of halogens is 3. The van der Waals surface area contributed by atoms with Gasteiger partial charge in [-0.2, -0.15) is 5.26 Å². The minimum Gasteiger partial charge on any atom is -0.390 e. The minimum atomic E-state index is -0.971. The molecule has 3 N–H and O–H groups in total. The van der Waals surface area contributed by atoms with Gasteiger partial charge in [0, 0.05) is 51.5 Å². The second-order valence-corrected chi connectivity index (χ2v) is 12.3. The molecule has 3 fully saturated rings. The first-order chi connectivity index (χ1) is 19.7. The highest BCUT2D eigenvalue weighted by molar-refractivity contribution is 6.43. The average Bonchev–Trinajstić information content (AvgIpc) is 3.49. The van der Waals surface area contributed by atoms with E-state index in [1.807, 2.05) is 12.1 Å². The molecule has 3 aliphatic rings. The molecule has 5 unspecified atom stereocenters. The van der Waals surface area contributed by atoms with Crippen LogP contribution in [0, 0.1) is 35.9 Å². The number of H-pyrrole nitrogens is 1. The van der Waals surface area contributed by atoms with Crippen molar-refractivity contribution in [2.75, 3.05) is 0 Å². The molecule has 2 bridgehead atoms. The molecule has 7 rings (SSSR count). The topological polar surface area (TPSA) is 113 Å². The van der Waals surface area contributed by atoms with E-state index in [0.717, 1.165) is 23.9 Å². The number of aryl methyl sites for hydroxylation is 2. The molecule has 7 nitrogen and oxygen atoms in total. The van der Waals surface area contributed by atoms with Gasteiger partial charge in [0.2, 0.25) is 5.91 Å². The minimum absolute atomic E-state index is 0.0136. The van der Waals surface area contributed by atoms with E-state index in [-0.39, 0.29) is 40.3 Å². The number of pyridine rings is 1. The van der Waals surface area contributed by atoms with E-state index in [2.05, 4.69) is 16.0 Å². The third-order valence-corrected chi connectivity index (χ3v) is 9.90. The Morgan fingerprint density at radius 2 is 2.00 bits per heavy atom. The predicted octanol–water partition coefficient (Wildman–Crippen LogP) is 6.00. The number of aliphatic hydroxyl groups excluding tert-OH is 2. The molecule has 41 heavy (non-hydrogen) atoms. The summed E-state index contributed by atoms with van der Waals surface area (Å²) in [7, 11) is 0. The summed E-state index contributed by atoms with van der Waals surface area (Å²) < 4.78 is 16.5. The van der Waals surface area contributed by atoms with Crippen LogP contribution < -0.4 is 0 Å². The smallest absolute Gasteiger partial charge is 0.226 e. The van der Waals surface area contributed by atoms with E-state index in [4.69, 9.17) is 23.2 Å². The molecule has 2 aromatic carbocycles. The second kappa shape index (κ2) is 9.67. The van der Waals surface area contributed by atoms with Crippen LogP contribution in [0.2, 0.25) is 10.0 Å². The van der Waals surface area contributed by atoms with Crippen molar-refractivity contribution in [3.05, 3.63) is 63.1 Å². The number of aromatic amines is 1. The van der Waals surface area contributed by atoms with Gasteiger partial charge >= 0.3 is 0 Å². The van der Waals surface area contributed by atoms with Crippen molar-refractivity contribution in [1.29, 1.82) is 5.26 Å². The predicted molar refractivity (Wildman–Crippen MR) is 154 cm³/mol. The molecule has 1 aliphatic heterocycles. The van der Waals surface area contributed by atoms with E-state index in [1.165, 1.54) is 0 Å². The van der Waals surface area contributed by atoms with Crippen LogP contribution in [-0.2, 0) is 11.2 Å². The first-order valence-electron chi connectivity index (χ1n) is 13.8. The fourth-order valence-corrected chi connectivity index (χ4v) is 7.39. The summed E-state index contributed by atoms with van der Waals surface area (Å²) >= 11 is 12.8. The number of piperidine rings is 1. The number of nitrogens with zero attached hydrogens (tertiary/aromatic N) is 3. The summed E-state index contributed by atoms with van der Waals surface area (Å²) in [5.41, 5.74) is 3.46. The van der Waals surface area contributed by atoms with Gasteiger partial charge in [-0.05, 0) is 56.4 Å². The van der Waals surface area contributed by atoms with Crippen molar-refractivity contribution in [3.63, 3.8) is 0 Å². The Morgan fingerprint density at radius 3 is 2.73 bits per heavy atom. The summed E-state index contributed by atoms with van der Waals surface area (Å²) in [6, 6.07) is 10.1. The first-order valence-corrected chi connectivity index (χ1v) is 14.6. The highest BCUT2D eigenvalue weighted by atomic mass is 35.5. The van der Waals surface area contributed by atoms with Gasteiger partial charge in [-0.1, -0.05) is 35.3 Å². The number of benzene rings is 2. The maximum Gasteiger partial charge on any atom is 0.226 e. The number of hydrogen-bond donors (Lipinski definition) is 3. The van der Waals surface area contributed by atoms with Crippen molar-refractivity contribution in [1.82, 2.24) is 14.9 Å². The lowest BCUT2D eigenvalue weighted by Crippen LogP contribution is -2.52. The number of aliphatic hydroxyl groups is 2. The first kappa shape index (κ1) is 26.7. The summed E-state index contributed by atoms with van der Waals surface area (Å²) in [5, 5.41) is 32.6. The number of rotatable bonds is 5. The standard InChI is InChI=1S/C31H27Cl2FN4O3/c1-13-17-11-21(28-19-12-22(30(40)29(19)39)38(28)31(41)14-7-8-14)37-26(17)18-10-15(4-3-9-35)23(25(34)27(18)36-13)16-5-2-6-20(32)24(16)33/h2,5-6,10-11,14,19,22,28-30,37,39-40H,3-4,7-8,12H2,1H3. The van der Waals surface area contributed by atoms with Crippen molar-refractivity contribution in [2.24, 2.45) is 11.8 Å². The van der Waals surface area contributed by atoms with Gasteiger partial charge in [0.25, 0.3) is 0 Å². The van der Waals surface area contributed by atoms with Gasteiger partial charge in [0.1, 0.15) is 11.6 Å². The van der Waals surface area contributed by atoms with Crippen molar-refractivity contribution < 1.29 is 19.4 Å². The Kier molecular flexibility index (Phi) is 6.29. The second-order valence-electron chi connectivity index (χ2n) is 11.5. The Bertz CT molecular complexity index is 1800. The van der Waals surface area contributed by atoms with Crippen molar-refractivity contribution in [2.45, 2.75) is 63.3 Å². The molecule has 10 heteroatoms. The lowest BCUT2D eigenvalue weighted by molar-refractivity contribution is -0.146. The zero-order chi connectivity index (χ0) is 28.7. The molecule has 5 atom stereocenters. The number of carbonyl (C=O) groups is 1. The molecule has 0 radical (unpaired) electrons. The largest absolute Gasteiger partial charge is 0.390 e. The highest BCUT2D eigenvalue weighted by Crippen LogP contribution is 2.53. The average molecular weight is 593 g/mol. The molecular weight excluding hydrogens is 566 g/mol. The van der Waals surface area contributed by atoms with Crippen LogP contribution >= 0.6 is 23.2 Å². The van der Waals surface area contributed by atoms with E-state index >= 15 is 4.39 Å². The van der Waals surface area contributed by atoms with Gasteiger partial charge in [0.15, 0.2) is 5.82 Å². The number of nitrogens with one attached hydrogen (secondary N) is 1. The Labute approximate surface area is 245 Å².